The summed E-state index contributed by atoms with van der Waals surface area (Å²) in [5.41, 5.74) is 0. The summed E-state index contributed by atoms with van der Waals surface area (Å²) >= 11 is 0. The molecule has 0 aliphatic rings. The molecule has 0 radical (unpaired) electrons. The van der Waals surface area contributed by atoms with Gasteiger partial charge in [0.1, 0.15) is 12.2 Å². The van der Waals surface area contributed by atoms with E-state index >= 15 is 0 Å². The highest BCUT2D eigenvalue weighted by Crippen LogP contribution is 1.95. The van der Waals surface area contributed by atoms with E-state index in [1.807, 2.05) is 0 Å². The van der Waals surface area contributed by atoms with Crippen LogP contribution in [0.25, 0.3) is 0 Å². The van der Waals surface area contributed by atoms with Crippen LogP contribution in [0.15, 0.2) is 0 Å². The number of aliphatic hydroxyl groups excluding tert-OH is 4. The van der Waals surface area contributed by atoms with Crippen molar-refractivity contribution >= 4 is 0 Å². The van der Waals surface area contributed by atoms with Crippen LogP contribution in [-0.2, 0) is 0 Å². The van der Waals surface area contributed by atoms with Crippen LogP contribution < -0.4 is 0 Å². The fourth-order valence-electron chi connectivity index (χ4n) is 0.307. The van der Waals surface area contributed by atoms with Crippen LogP contribution in [-0.4, -0.2) is 50.6 Å². The average molecular weight is 138 g/mol. The largest absolute Gasteiger partial charge is 0.394 e. The maximum atomic E-state index is 8.48. The molecule has 0 aromatic rings. The minimum atomic E-state index is -2.01. The smallest absolute Gasteiger partial charge is 0.180 e. The molecule has 0 spiro atoms. The average Bonchev–Trinajstić information content (AvgIpc) is 1.84. The highest BCUT2D eigenvalue weighted by molar-refractivity contribution is 4.66. The van der Waals surface area contributed by atoms with Gasteiger partial charge in [-0.1, -0.05) is 0 Å². The molecule has 5 nitrogen and oxygen atoms in total. The fraction of sp³-hybridized carbons (Fsp3) is 1.00. The van der Waals surface area contributed by atoms with E-state index in [4.69, 9.17) is 25.5 Å². The summed E-state index contributed by atoms with van der Waals surface area (Å²) in [6.07, 6.45) is -5.20. The van der Waals surface area contributed by atoms with Crippen LogP contribution in [0, 0.1) is 0 Å². The molecule has 0 saturated carbocycles. The van der Waals surface area contributed by atoms with Gasteiger partial charge in [0.25, 0.3) is 0 Å². The predicted octanol–water partition coefficient (Wildman–Crippen LogP) is -2.99. The molecule has 0 heterocycles. The van der Waals surface area contributed by atoms with Crippen molar-refractivity contribution in [3.63, 3.8) is 0 Å². The minimum Gasteiger partial charge on any atom is -0.394 e. The van der Waals surface area contributed by atoms with Crippen molar-refractivity contribution in [2.75, 3.05) is 6.61 Å². The molecule has 0 amide bonds. The predicted molar refractivity (Wildman–Crippen MR) is 27.3 cm³/mol. The number of hydrogen-bond donors (Lipinski definition) is 5. The molecule has 0 aliphatic carbocycles. The Hall–Kier alpha value is -0.200. The van der Waals surface area contributed by atoms with E-state index in [9.17, 15) is 0 Å². The van der Waals surface area contributed by atoms with Crippen molar-refractivity contribution in [1.82, 2.24) is 0 Å². The lowest BCUT2D eigenvalue weighted by atomic mass is 10.2. The van der Waals surface area contributed by atoms with Crippen LogP contribution in [0.5, 0.6) is 0 Å². The maximum Gasteiger partial charge on any atom is 0.180 e. The van der Waals surface area contributed by atoms with E-state index in [2.05, 4.69) is 0 Å². The lowest BCUT2D eigenvalue weighted by molar-refractivity contribution is -0.163. The highest BCUT2D eigenvalue weighted by Gasteiger charge is 2.21. The van der Waals surface area contributed by atoms with Crippen LogP contribution in [0.3, 0.4) is 0 Å². The van der Waals surface area contributed by atoms with Gasteiger partial charge in [-0.15, -0.1) is 0 Å². The number of hydrogen-bond acceptors (Lipinski definition) is 5. The second-order valence-electron chi connectivity index (χ2n) is 1.65. The van der Waals surface area contributed by atoms with Gasteiger partial charge in [-0.25, -0.2) is 0 Å². The van der Waals surface area contributed by atoms with E-state index in [0.717, 1.165) is 0 Å². The van der Waals surface area contributed by atoms with E-state index in [1.165, 1.54) is 0 Å². The summed E-state index contributed by atoms with van der Waals surface area (Å²) in [6.45, 7) is -0.696. The third kappa shape index (κ3) is 2.73. The zero-order valence-electron chi connectivity index (χ0n) is 4.68. The Bertz CT molecular complexity index is 73.4. The summed E-state index contributed by atoms with van der Waals surface area (Å²) in [4.78, 5) is 0. The summed E-state index contributed by atoms with van der Waals surface area (Å²) in [5, 5.41) is 41.4. The van der Waals surface area contributed by atoms with E-state index in [0.29, 0.717) is 0 Å². The number of aliphatic hydroxyl groups is 5. The monoisotopic (exact) mass is 138 g/mol. The highest BCUT2D eigenvalue weighted by atomic mass is 16.5. The summed E-state index contributed by atoms with van der Waals surface area (Å²) in [6, 6.07) is 0. The first kappa shape index (κ1) is 8.80. The van der Waals surface area contributed by atoms with Crippen LogP contribution in [0.2, 0.25) is 0 Å². The summed E-state index contributed by atoms with van der Waals surface area (Å²) < 4.78 is 0. The third-order valence-electron chi connectivity index (χ3n) is 0.887. The van der Waals surface area contributed by atoms with E-state index in [1.54, 1.807) is 0 Å². The van der Waals surface area contributed by atoms with E-state index < -0.39 is 25.1 Å². The molecular weight excluding hydrogens is 128 g/mol. The second-order valence-corrected chi connectivity index (χ2v) is 1.65. The van der Waals surface area contributed by atoms with Crippen LogP contribution >= 0.6 is 0 Å². The molecule has 9 heavy (non-hydrogen) atoms. The molecule has 0 rings (SSSR count). The van der Waals surface area contributed by atoms with Gasteiger partial charge < -0.3 is 25.5 Å². The van der Waals surface area contributed by atoms with Crippen molar-refractivity contribution < 1.29 is 25.5 Å². The Morgan fingerprint density at radius 3 is 1.56 bits per heavy atom. The van der Waals surface area contributed by atoms with Gasteiger partial charge in [-0.05, 0) is 0 Å². The first-order valence-electron chi connectivity index (χ1n) is 2.42. The SMILES string of the molecule is OCC(O)C(O)C(O)O. The van der Waals surface area contributed by atoms with Crippen molar-refractivity contribution in [2.45, 2.75) is 18.5 Å². The normalized spacial score (nSPS) is 18.0. The Balaban J connectivity index is 3.58. The summed E-state index contributed by atoms with van der Waals surface area (Å²) in [7, 11) is 0. The Labute approximate surface area is 51.8 Å². The zero-order chi connectivity index (χ0) is 7.44. The van der Waals surface area contributed by atoms with Crippen molar-refractivity contribution in [2.24, 2.45) is 0 Å². The molecule has 0 aromatic carbocycles. The molecule has 5 N–H and O–H groups in total. The molecular formula is C4H10O5. The minimum absolute atomic E-state index is 0.696. The standard InChI is InChI=1S/C4H10O5/c5-1-2(6)3(7)4(8)9/h2-9H,1H2. The number of rotatable bonds is 3. The molecule has 2 atom stereocenters. The van der Waals surface area contributed by atoms with Gasteiger partial charge >= 0.3 is 0 Å². The first-order chi connectivity index (χ1) is 4.09. The zero-order valence-corrected chi connectivity index (χ0v) is 4.68. The fourth-order valence-corrected chi connectivity index (χ4v) is 0.307. The molecule has 0 aromatic heterocycles. The van der Waals surface area contributed by atoms with Gasteiger partial charge in [-0.3, -0.25) is 0 Å². The van der Waals surface area contributed by atoms with Crippen molar-refractivity contribution in [3.8, 4) is 0 Å². The maximum absolute atomic E-state index is 8.48. The second kappa shape index (κ2) is 3.76. The van der Waals surface area contributed by atoms with Gasteiger partial charge in [0, 0.05) is 0 Å². The van der Waals surface area contributed by atoms with Crippen molar-refractivity contribution in [3.05, 3.63) is 0 Å². The third-order valence-corrected chi connectivity index (χ3v) is 0.887. The van der Waals surface area contributed by atoms with Crippen LogP contribution in [0.4, 0.5) is 0 Å². The van der Waals surface area contributed by atoms with Gasteiger partial charge in [0.2, 0.25) is 0 Å². The lowest BCUT2D eigenvalue weighted by Crippen LogP contribution is -2.39. The molecule has 5 heteroatoms. The molecule has 0 aliphatic heterocycles. The summed E-state index contributed by atoms with van der Waals surface area (Å²) in [5.74, 6) is 0. The molecule has 0 saturated heterocycles. The van der Waals surface area contributed by atoms with Gasteiger partial charge in [0.05, 0.1) is 6.61 Å². The topological polar surface area (TPSA) is 101 Å². The first-order valence-corrected chi connectivity index (χ1v) is 2.42. The Morgan fingerprint density at radius 1 is 1.00 bits per heavy atom. The Kier molecular flexibility index (Phi) is 3.67. The molecule has 2 unspecified atom stereocenters. The van der Waals surface area contributed by atoms with E-state index in [-0.39, 0.29) is 0 Å². The molecule has 56 valence electrons. The quantitative estimate of drug-likeness (QED) is 0.268. The van der Waals surface area contributed by atoms with Gasteiger partial charge in [0.15, 0.2) is 6.29 Å². The van der Waals surface area contributed by atoms with Crippen molar-refractivity contribution in [1.29, 1.82) is 0 Å². The molecule has 0 bridgehead atoms. The molecule has 0 fully saturated rings. The lowest BCUT2D eigenvalue weighted by Gasteiger charge is -2.16. The Morgan fingerprint density at radius 2 is 1.44 bits per heavy atom. The van der Waals surface area contributed by atoms with Gasteiger partial charge in [-0.2, -0.15) is 0 Å². The van der Waals surface area contributed by atoms with Crippen LogP contribution in [0.1, 0.15) is 0 Å².